The van der Waals surface area contributed by atoms with Crippen molar-refractivity contribution >= 4 is 5.69 Å². The summed E-state index contributed by atoms with van der Waals surface area (Å²) in [5.74, 6) is 0. The second-order valence-electron chi connectivity index (χ2n) is 4.44. The average molecular weight is 195 g/mol. The van der Waals surface area contributed by atoms with Crippen LogP contribution in [0.5, 0.6) is 0 Å². The number of rotatable bonds is 3. The van der Waals surface area contributed by atoms with E-state index in [0.717, 1.165) is 5.69 Å². The molecule has 0 fully saturated rings. The average Bonchev–Trinajstić information content (AvgIpc) is 2.14. The molecule has 0 aliphatic carbocycles. The highest BCUT2D eigenvalue weighted by atomic mass is 19.1. The zero-order valence-corrected chi connectivity index (χ0v) is 9.10. The lowest BCUT2D eigenvalue weighted by molar-refractivity contribution is 0.512. The molecule has 0 heterocycles. The van der Waals surface area contributed by atoms with Crippen LogP contribution in [0.4, 0.5) is 10.1 Å². The summed E-state index contributed by atoms with van der Waals surface area (Å²) in [4.78, 5) is 0. The Balaban J connectivity index is 2.69. The van der Waals surface area contributed by atoms with E-state index in [1.54, 1.807) is 0 Å². The van der Waals surface area contributed by atoms with E-state index in [1.165, 1.54) is 5.56 Å². The first-order chi connectivity index (χ1) is 6.54. The molecule has 0 saturated heterocycles. The molecule has 0 aromatic heterocycles. The molecular formula is C12H18FN. The van der Waals surface area contributed by atoms with E-state index >= 15 is 0 Å². The molecular weight excluding hydrogens is 177 g/mol. The van der Waals surface area contributed by atoms with Gasteiger partial charge < -0.3 is 5.32 Å². The maximum atomic E-state index is 11.9. The van der Waals surface area contributed by atoms with Gasteiger partial charge in [0.15, 0.2) is 0 Å². The predicted octanol–water partition coefficient (Wildman–Crippen LogP) is 3.37. The summed E-state index contributed by atoms with van der Waals surface area (Å²) in [6.07, 6.45) is 0. The molecule has 2 heteroatoms. The standard InChI is InChI=1S/C12H18FN/c1-12(2,3)10-4-6-11(7-5-10)14-9-8-13/h4-7,14H,8-9H2,1-3H3. The van der Waals surface area contributed by atoms with Gasteiger partial charge in [-0.1, -0.05) is 32.9 Å². The molecule has 0 amide bonds. The molecule has 0 aliphatic rings. The van der Waals surface area contributed by atoms with Gasteiger partial charge in [0.05, 0.1) is 0 Å². The Bertz CT molecular complexity index is 271. The van der Waals surface area contributed by atoms with E-state index in [1.807, 2.05) is 12.1 Å². The number of anilines is 1. The number of halogens is 1. The molecule has 0 saturated carbocycles. The van der Waals surface area contributed by atoms with Gasteiger partial charge >= 0.3 is 0 Å². The monoisotopic (exact) mass is 195 g/mol. The normalized spacial score (nSPS) is 11.4. The molecule has 1 nitrogen and oxygen atoms in total. The minimum Gasteiger partial charge on any atom is -0.382 e. The number of hydrogen-bond donors (Lipinski definition) is 1. The van der Waals surface area contributed by atoms with Gasteiger partial charge in [-0.05, 0) is 23.1 Å². The third-order valence-electron chi connectivity index (χ3n) is 2.17. The van der Waals surface area contributed by atoms with Gasteiger partial charge in [-0.2, -0.15) is 0 Å². The van der Waals surface area contributed by atoms with E-state index in [4.69, 9.17) is 0 Å². The van der Waals surface area contributed by atoms with Gasteiger partial charge in [-0.3, -0.25) is 0 Å². The molecule has 1 aromatic carbocycles. The molecule has 1 rings (SSSR count). The van der Waals surface area contributed by atoms with Crippen LogP contribution >= 0.6 is 0 Å². The maximum absolute atomic E-state index is 11.9. The van der Waals surface area contributed by atoms with Crippen molar-refractivity contribution in [3.8, 4) is 0 Å². The summed E-state index contributed by atoms with van der Waals surface area (Å²) in [6, 6.07) is 8.16. The molecule has 1 aromatic rings. The maximum Gasteiger partial charge on any atom is 0.107 e. The van der Waals surface area contributed by atoms with Crippen molar-refractivity contribution in [1.29, 1.82) is 0 Å². The SMILES string of the molecule is CC(C)(C)c1ccc(NCCF)cc1. The van der Waals surface area contributed by atoms with Gasteiger partial charge in [0.25, 0.3) is 0 Å². The zero-order valence-electron chi connectivity index (χ0n) is 9.10. The molecule has 0 aliphatic heterocycles. The van der Waals surface area contributed by atoms with Gasteiger partial charge in [-0.15, -0.1) is 0 Å². The van der Waals surface area contributed by atoms with Crippen LogP contribution in [0.15, 0.2) is 24.3 Å². The van der Waals surface area contributed by atoms with Crippen molar-refractivity contribution in [2.24, 2.45) is 0 Å². The Kier molecular flexibility index (Phi) is 3.50. The first-order valence-electron chi connectivity index (χ1n) is 4.94. The van der Waals surface area contributed by atoms with Crippen molar-refractivity contribution < 1.29 is 4.39 Å². The van der Waals surface area contributed by atoms with Crippen LogP contribution in [0.25, 0.3) is 0 Å². The Hall–Kier alpha value is -1.05. The summed E-state index contributed by atoms with van der Waals surface area (Å²) >= 11 is 0. The quantitative estimate of drug-likeness (QED) is 0.779. The van der Waals surface area contributed by atoms with Crippen molar-refractivity contribution in [3.63, 3.8) is 0 Å². The smallest absolute Gasteiger partial charge is 0.107 e. The number of nitrogens with one attached hydrogen (secondary N) is 1. The van der Waals surface area contributed by atoms with Crippen molar-refractivity contribution in [3.05, 3.63) is 29.8 Å². The van der Waals surface area contributed by atoms with Gasteiger partial charge in [0.1, 0.15) is 6.67 Å². The van der Waals surface area contributed by atoms with E-state index in [-0.39, 0.29) is 12.1 Å². The summed E-state index contributed by atoms with van der Waals surface area (Å²) in [6.45, 7) is 6.58. The molecule has 14 heavy (non-hydrogen) atoms. The highest BCUT2D eigenvalue weighted by molar-refractivity contribution is 5.45. The first-order valence-corrected chi connectivity index (χ1v) is 4.94. The molecule has 0 radical (unpaired) electrons. The number of hydrogen-bond acceptors (Lipinski definition) is 1. The lowest BCUT2D eigenvalue weighted by atomic mass is 9.87. The van der Waals surface area contributed by atoms with E-state index in [9.17, 15) is 4.39 Å². The highest BCUT2D eigenvalue weighted by Crippen LogP contribution is 2.23. The molecule has 1 N–H and O–H groups in total. The van der Waals surface area contributed by atoms with Gasteiger partial charge in [0.2, 0.25) is 0 Å². The minimum absolute atomic E-state index is 0.179. The third-order valence-corrected chi connectivity index (χ3v) is 2.17. The second kappa shape index (κ2) is 4.45. The summed E-state index contributed by atoms with van der Waals surface area (Å²) in [5.41, 5.74) is 2.46. The van der Waals surface area contributed by atoms with E-state index in [0.29, 0.717) is 6.54 Å². The van der Waals surface area contributed by atoms with Crippen molar-refractivity contribution in [2.45, 2.75) is 26.2 Å². The van der Waals surface area contributed by atoms with E-state index in [2.05, 4.69) is 38.2 Å². The van der Waals surface area contributed by atoms with Gasteiger partial charge in [0, 0.05) is 12.2 Å². The summed E-state index contributed by atoms with van der Waals surface area (Å²) in [5, 5.41) is 3.00. The fourth-order valence-corrected chi connectivity index (χ4v) is 1.28. The predicted molar refractivity (Wildman–Crippen MR) is 59.6 cm³/mol. The van der Waals surface area contributed by atoms with Crippen LogP contribution < -0.4 is 5.32 Å². The Morgan fingerprint density at radius 2 is 1.71 bits per heavy atom. The third kappa shape index (κ3) is 3.02. The first kappa shape index (κ1) is 11.0. The Morgan fingerprint density at radius 3 is 2.14 bits per heavy atom. The van der Waals surface area contributed by atoms with Crippen LogP contribution in [-0.2, 0) is 5.41 Å². The molecule has 0 bridgehead atoms. The number of alkyl halides is 1. The molecule has 0 spiro atoms. The molecule has 0 unspecified atom stereocenters. The molecule has 0 atom stereocenters. The zero-order chi connectivity index (χ0) is 10.6. The van der Waals surface area contributed by atoms with E-state index < -0.39 is 0 Å². The van der Waals surface area contributed by atoms with Crippen molar-refractivity contribution in [1.82, 2.24) is 0 Å². The van der Waals surface area contributed by atoms with Gasteiger partial charge in [-0.25, -0.2) is 4.39 Å². The fourth-order valence-electron chi connectivity index (χ4n) is 1.28. The Morgan fingerprint density at radius 1 is 1.14 bits per heavy atom. The van der Waals surface area contributed by atoms with Crippen LogP contribution in [0.2, 0.25) is 0 Å². The second-order valence-corrected chi connectivity index (χ2v) is 4.44. The summed E-state index contributed by atoms with van der Waals surface area (Å²) in [7, 11) is 0. The minimum atomic E-state index is -0.332. The molecule has 78 valence electrons. The largest absolute Gasteiger partial charge is 0.382 e. The van der Waals surface area contributed by atoms with Crippen LogP contribution in [-0.4, -0.2) is 13.2 Å². The highest BCUT2D eigenvalue weighted by Gasteiger charge is 2.12. The van der Waals surface area contributed by atoms with Crippen LogP contribution in [0.3, 0.4) is 0 Å². The lowest BCUT2D eigenvalue weighted by Crippen LogP contribution is -2.11. The van der Waals surface area contributed by atoms with Crippen LogP contribution in [0, 0.1) is 0 Å². The lowest BCUT2D eigenvalue weighted by Gasteiger charge is -2.19. The Labute approximate surface area is 85.3 Å². The fraction of sp³-hybridized carbons (Fsp3) is 0.500. The summed E-state index contributed by atoms with van der Waals surface area (Å²) < 4.78 is 11.9. The topological polar surface area (TPSA) is 12.0 Å². The number of benzene rings is 1. The van der Waals surface area contributed by atoms with Crippen LogP contribution in [0.1, 0.15) is 26.3 Å². The van der Waals surface area contributed by atoms with Crippen molar-refractivity contribution in [2.75, 3.05) is 18.5 Å².